The number of hydrogen-bond acceptors (Lipinski definition) is 6. The van der Waals surface area contributed by atoms with E-state index in [9.17, 15) is 14.4 Å². The average molecular weight is 439 g/mol. The number of carbonyl (C=O) groups excluding carboxylic acids is 2. The third-order valence-electron chi connectivity index (χ3n) is 5.39. The first-order valence-electron chi connectivity index (χ1n) is 9.63. The number of imide groups is 1. The summed E-state index contributed by atoms with van der Waals surface area (Å²) >= 11 is 2.41. The van der Waals surface area contributed by atoms with Gasteiger partial charge in [-0.2, -0.15) is 0 Å². The number of benzene rings is 2. The highest BCUT2D eigenvalue weighted by Gasteiger charge is 2.56. The van der Waals surface area contributed by atoms with Crippen LogP contribution in [0.2, 0.25) is 0 Å². The van der Waals surface area contributed by atoms with Crippen molar-refractivity contribution in [2.75, 3.05) is 11.5 Å². The van der Waals surface area contributed by atoms with Crippen molar-refractivity contribution in [2.24, 2.45) is 5.92 Å². The number of ether oxygens (including phenoxy) is 1. The van der Waals surface area contributed by atoms with Crippen LogP contribution in [0.3, 0.4) is 0 Å². The van der Waals surface area contributed by atoms with E-state index >= 15 is 0 Å². The third kappa shape index (κ3) is 2.98. The Kier molecular flexibility index (Phi) is 4.75. The Morgan fingerprint density at radius 2 is 1.73 bits per heavy atom. The van der Waals surface area contributed by atoms with Gasteiger partial charge >= 0.3 is 4.87 Å². The summed E-state index contributed by atoms with van der Waals surface area (Å²) in [6.45, 7) is 2.44. The maximum atomic E-state index is 13.5. The van der Waals surface area contributed by atoms with Crippen LogP contribution in [0, 0.1) is 5.92 Å². The van der Waals surface area contributed by atoms with Gasteiger partial charge in [-0.05, 0) is 36.8 Å². The SMILES string of the molecule is CCOc1ccc(N2C(=O)C3Sc4[nH]c(=O)sc4C(c4ccccc4)C3C2=O)cc1. The lowest BCUT2D eigenvalue weighted by Gasteiger charge is -2.29. The normalized spacial score (nSPS) is 22.7. The number of amides is 2. The molecule has 152 valence electrons. The van der Waals surface area contributed by atoms with Crippen LogP contribution >= 0.6 is 23.1 Å². The molecule has 0 spiro atoms. The van der Waals surface area contributed by atoms with Gasteiger partial charge in [-0.1, -0.05) is 53.4 Å². The number of aromatic amines is 1. The van der Waals surface area contributed by atoms with E-state index in [-0.39, 0.29) is 22.6 Å². The van der Waals surface area contributed by atoms with Crippen LogP contribution in [0.4, 0.5) is 5.69 Å². The molecule has 2 aliphatic rings. The highest BCUT2D eigenvalue weighted by Crippen LogP contribution is 2.53. The molecule has 1 N–H and O–H groups in total. The quantitative estimate of drug-likeness (QED) is 0.630. The van der Waals surface area contributed by atoms with Gasteiger partial charge in [0.05, 0.1) is 23.2 Å². The van der Waals surface area contributed by atoms with Crippen LogP contribution < -0.4 is 14.5 Å². The second-order valence-electron chi connectivity index (χ2n) is 7.10. The lowest BCUT2D eigenvalue weighted by molar-refractivity contribution is -0.122. The minimum atomic E-state index is -0.577. The standard InChI is InChI=1S/C22H18N2O4S2/c1-2-28-14-10-8-13(9-11-14)24-20(25)16-15(12-6-4-3-5-7-12)17-19(23-22(27)30-17)29-18(16)21(24)26/h3-11,15-16,18H,2H2,1H3,(H,23,27). The molecule has 1 saturated heterocycles. The molecule has 30 heavy (non-hydrogen) atoms. The summed E-state index contributed by atoms with van der Waals surface area (Å²) in [5.74, 6) is -0.690. The van der Waals surface area contributed by atoms with Crippen molar-refractivity contribution < 1.29 is 14.3 Å². The fourth-order valence-corrected chi connectivity index (χ4v) is 6.66. The van der Waals surface area contributed by atoms with E-state index in [0.717, 1.165) is 21.8 Å². The smallest absolute Gasteiger partial charge is 0.305 e. The van der Waals surface area contributed by atoms with Crippen LogP contribution in [-0.2, 0) is 9.59 Å². The Morgan fingerprint density at radius 1 is 1.00 bits per heavy atom. The number of nitrogens with zero attached hydrogens (tertiary/aromatic N) is 1. The molecule has 2 aliphatic heterocycles. The molecule has 1 aromatic heterocycles. The largest absolute Gasteiger partial charge is 0.494 e. The van der Waals surface area contributed by atoms with Gasteiger partial charge < -0.3 is 9.72 Å². The van der Waals surface area contributed by atoms with Gasteiger partial charge in [0.2, 0.25) is 11.8 Å². The Morgan fingerprint density at radius 3 is 2.43 bits per heavy atom. The predicted octanol–water partition coefficient (Wildman–Crippen LogP) is 3.63. The molecule has 0 aliphatic carbocycles. The number of nitrogens with one attached hydrogen (secondary N) is 1. The van der Waals surface area contributed by atoms with Crippen LogP contribution in [0.1, 0.15) is 23.3 Å². The number of carbonyl (C=O) groups is 2. The average Bonchev–Trinajstić information content (AvgIpc) is 3.24. The molecule has 3 heterocycles. The molecule has 0 bridgehead atoms. The van der Waals surface area contributed by atoms with Crippen LogP contribution in [0.25, 0.3) is 0 Å². The highest BCUT2D eigenvalue weighted by molar-refractivity contribution is 8.00. The number of anilines is 1. The number of thioether (sulfide) groups is 1. The zero-order valence-electron chi connectivity index (χ0n) is 16.0. The van der Waals surface area contributed by atoms with Crippen molar-refractivity contribution >= 4 is 40.6 Å². The summed E-state index contributed by atoms with van der Waals surface area (Å²) in [7, 11) is 0. The lowest BCUT2D eigenvalue weighted by Crippen LogP contribution is -2.32. The molecule has 1 fully saturated rings. The Balaban J connectivity index is 1.58. The van der Waals surface area contributed by atoms with Gasteiger partial charge in [0.25, 0.3) is 0 Å². The van der Waals surface area contributed by atoms with E-state index in [4.69, 9.17) is 4.74 Å². The number of fused-ring (bicyclic) bond motifs is 2. The van der Waals surface area contributed by atoms with Gasteiger partial charge in [0.1, 0.15) is 11.0 Å². The van der Waals surface area contributed by atoms with Gasteiger partial charge in [0, 0.05) is 10.8 Å². The minimum Gasteiger partial charge on any atom is -0.494 e. The summed E-state index contributed by atoms with van der Waals surface area (Å²) in [6, 6.07) is 16.6. The first kappa shape index (κ1) is 19.1. The molecule has 0 radical (unpaired) electrons. The maximum absolute atomic E-state index is 13.5. The molecular weight excluding hydrogens is 420 g/mol. The molecule has 6 nitrogen and oxygen atoms in total. The van der Waals surface area contributed by atoms with Crippen molar-refractivity contribution in [3.05, 3.63) is 74.7 Å². The zero-order chi connectivity index (χ0) is 20.8. The number of rotatable bonds is 4. The van der Waals surface area contributed by atoms with E-state index in [0.29, 0.717) is 23.1 Å². The van der Waals surface area contributed by atoms with E-state index < -0.39 is 11.2 Å². The van der Waals surface area contributed by atoms with E-state index in [1.54, 1.807) is 24.3 Å². The Labute approximate surface area is 180 Å². The Bertz CT molecular complexity index is 1170. The molecule has 8 heteroatoms. The fourth-order valence-electron chi connectivity index (χ4n) is 4.15. The molecular formula is C22H18N2O4S2. The topological polar surface area (TPSA) is 79.5 Å². The number of hydrogen-bond donors (Lipinski definition) is 1. The summed E-state index contributed by atoms with van der Waals surface area (Å²) in [5.41, 5.74) is 1.46. The lowest BCUT2D eigenvalue weighted by atomic mass is 9.83. The number of H-pyrrole nitrogens is 1. The van der Waals surface area contributed by atoms with Crippen LogP contribution in [-0.4, -0.2) is 28.7 Å². The summed E-state index contributed by atoms with van der Waals surface area (Å²) in [4.78, 5) is 43.7. The minimum absolute atomic E-state index is 0.170. The Hall–Kier alpha value is -2.84. The molecule has 2 amide bonds. The number of thiazole rings is 1. The number of aromatic nitrogens is 1. The van der Waals surface area contributed by atoms with Crippen molar-refractivity contribution in [1.29, 1.82) is 0 Å². The zero-order valence-corrected chi connectivity index (χ0v) is 17.7. The first-order chi connectivity index (χ1) is 14.6. The van der Waals surface area contributed by atoms with E-state index in [1.807, 2.05) is 37.3 Å². The van der Waals surface area contributed by atoms with Crippen molar-refractivity contribution in [2.45, 2.75) is 23.1 Å². The van der Waals surface area contributed by atoms with Gasteiger partial charge in [-0.3, -0.25) is 14.4 Å². The molecule has 3 unspecified atom stereocenters. The summed E-state index contributed by atoms with van der Waals surface area (Å²) in [6.07, 6.45) is 0. The third-order valence-corrected chi connectivity index (χ3v) is 7.79. The van der Waals surface area contributed by atoms with Gasteiger partial charge in [-0.25, -0.2) is 4.90 Å². The highest BCUT2D eigenvalue weighted by atomic mass is 32.2. The second-order valence-corrected chi connectivity index (χ2v) is 9.27. The molecule has 0 saturated carbocycles. The first-order valence-corrected chi connectivity index (χ1v) is 11.3. The monoisotopic (exact) mass is 438 g/mol. The van der Waals surface area contributed by atoms with Gasteiger partial charge in [-0.15, -0.1) is 0 Å². The van der Waals surface area contributed by atoms with Crippen molar-refractivity contribution in [3.8, 4) is 5.75 Å². The maximum Gasteiger partial charge on any atom is 0.305 e. The van der Waals surface area contributed by atoms with Crippen LogP contribution in [0.15, 0.2) is 64.4 Å². The molecule has 5 rings (SSSR count). The fraction of sp³-hybridized carbons (Fsp3) is 0.227. The van der Waals surface area contributed by atoms with E-state index in [2.05, 4.69) is 4.98 Å². The van der Waals surface area contributed by atoms with Gasteiger partial charge in [0.15, 0.2) is 0 Å². The second kappa shape index (κ2) is 7.45. The van der Waals surface area contributed by atoms with Crippen molar-refractivity contribution in [3.63, 3.8) is 0 Å². The summed E-state index contributed by atoms with van der Waals surface area (Å²) in [5, 5.41) is 0.113. The van der Waals surface area contributed by atoms with Crippen molar-refractivity contribution in [1.82, 2.24) is 4.98 Å². The summed E-state index contributed by atoms with van der Waals surface area (Å²) < 4.78 is 5.46. The predicted molar refractivity (Wildman–Crippen MR) is 116 cm³/mol. The van der Waals surface area contributed by atoms with E-state index in [1.165, 1.54) is 16.7 Å². The molecule has 3 aromatic rings. The molecule has 2 aromatic carbocycles. The van der Waals surface area contributed by atoms with Crippen LogP contribution in [0.5, 0.6) is 5.75 Å². The molecule has 3 atom stereocenters.